The molecule has 1 saturated heterocycles. The minimum atomic E-state index is -1.27. The van der Waals surface area contributed by atoms with Gasteiger partial charge in [0.05, 0.1) is 11.6 Å². The molecule has 0 saturated carbocycles. The van der Waals surface area contributed by atoms with Crippen molar-refractivity contribution in [1.29, 1.82) is 0 Å². The molecule has 3 aromatic rings. The van der Waals surface area contributed by atoms with Crippen molar-refractivity contribution in [2.45, 2.75) is 25.2 Å². The van der Waals surface area contributed by atoms with Gasteiger partial charge < -0.3 is 19.6 Å². The highest BCUT2D eigenvalue weighted by Crippen LogP contribution is 2.31. The molecule has 2 aliphatic heterocycles. The van der Waals surface area contributed by atoms with Crippen molar-refractivity contribution in [3.8, 4) is 5.75 Å². The molecule has 1 aromatic carbocycles. The van der Waals surface area contributed by atoms with Gasteiger partial charge in [-0.25, -0.2) is 9.69 Å². The number of carboxylic acid groups (broad SMARTS) is 1. The van der Waals surface area contributed by atoms with E-state index in [0.29, 0.717) is 29.7 Å². The zero-order valence-corrected chi connectivity index (χ0v) is 17.4. The molecule has 0 radical (unpaired) electrons. The molecule has 1 amide bonds. The quantitative estimate of drug-likeness (QED) is 0.628. The van der Waals surface area contributed by atoms with Crippen LogP contribution in [0.5, 0.6) is 5.75 Å². The lowest BCUT2D eigenvalue weighted by Crippen LogP contribution is -2.60. The average molecular weight is 438 g/mol. The molecule has 0 aliphatic carbocycles. The monoisotopic (exact) mass is 438 g/mol. The number of nitrogens with one attached hydrogen (secondary N) is 1. The van der Waals surface area contributed by atoms with E-state index in [9.17, 15) is 19.5 Å². The predicted molar refractivity (Wildman–Crippen MR) is 114 cm³/mol. The second-order valence-corrected chi connectivity index (χ2v) is 7.95. The highest BCUT2D eigenvalue weighted by atomic mass is 16.5. The predicted octanol–water partition coefficient (Wildman–Crippen LogP) is 1.43. The number of carbonyl (C=O) groups excluding carboxylic acids is 1. The number of likely N-dealkylation sites (tertiary alicyclic amines) is 1. The summed E-state index contributed by atoms with van der Waals surface area (Å²) < 4.78 is 13.1. The molecule has 2 N–H and O–H groups in total. The number of nitrogens with zero attached hydrogens (tertiary/aromatic N) is 3. The van der Waals surface area contributed by atoms with Crippen LogP contribution in [0.4, 0.5) is 0 Å². The Morgan fingerprint density at radius 1 is 1.16 bits per heavy atom. The SMILES string of the molecule is CN1C(N2CCC(NC(=O)c3ccco3)CC2)Oc2cccc3c(=O)c(C(=O)O)cn1c23. The number of carboxylic acids is 1. The van der Waals surface area contributed by atoms with Gasteiger partial charge in [-0.15, -0.1) is 0 Å². The fourth-order valence-electron chi connectivity index (χ4n) is 4.36. The standard InChI is InChI=1S/C22H22N4O6/c1-24-22(25-9-7-13(8-10-25)23-20(28)17-6-3-11-31-17)32-16-5-2-4-14-18(16)26(24)12-15(19(14)27)21(29)30/h2-6,11-13,22H,7-10H2,1H3,(H,23,28)(H,29,30). The van der Waals surface area contributed by atoms with E-state index in [1.807, 2.05) is 0 Å². The largest absolute Gasteiger partial charge is 0.477 e. The molecule has 0 spiro atoms. The van der Waals surface area contributed by atoms with Gasteiger partial charge in [-0.2, -0.15) is 0 Å². The Morgan fingerprint density at radius 3 is 2.62 bits per heavy atom. The van der Waals surface area contributed by atoms with Crippen LogP contribution in [0.25, 0.3) is 10.9 Å². The molecule has 10 heteroatoms. The minimum absolute atomic E-state index is 0.0164. The Labute approximate surface area is 182 Å². The van der Waals surface area contributed by atoms with Crippen molar-refractivity contribution in [3.63, 3.8) is 0 Å². The van der Waals surface area contributed by atoms with Crippen LogP contribution in [0.1, 0.15) is 33.8 Å². The molecule has 5 rings (SSSR count). The summed E-state index contributed by atoms with van der Waals surface area (Å²) in [6, 6.07) is 8.39. The summed E-state index contributed by atoms with van der Waals surface area (Å²) in [6.45, 7) is 1.32. The number of carbonyl (C=O) groups is 2. The van der Waals surface area contributed by atoms with Gasteiger partial charge in [-0.05, 0) is 37.1 Å². The van der Waals surface area contributed by atoms with E-state index in [2.05, 4.69) is 10.2 Å². The second-order valence-electron chi connectivity index (χ2n) is 7.95. The van der Waals surface area contributed by atoms with Crippen molar-refractivity contribution in [2.75, 3.05) is 25.1 Å². The van der Waals surface area contributed by atoms with Crippen molar-refractivity contribution in [3.05, 3.63) is 64.3 Å². The molecule has 32 heavy (non-hydrogen) atoms. The second kappa shape index (κ2) is 7.72. The summed E-state index contributed by atoms with van der Waals surface area (Å²) in [5.74, 6) is -0.690. The first kappa shape index (κ1) is 20.1. The zero-order valence-electron chi connectivity index (χ0n) is 17.4. The maximum atomic E-state index is 12.6. The third-order valence-corrected chi connectivity index (χ3v) is 6.01. The number of hydrogen-bond acceptors (Lipinski definition) is 7. The highest BCUT2D eigenvalue weighted by molar-refractivity contribution is 5.94. The summed E-state index contributed by atoms with van der Waals surface area (Å²) in [5.41, 5.74) is -0.280. The lowest BCUT2D eigenvalue weighted by Gasteiger charge is -2.45. The van der Waals surface area contributed by atoms with E-state index in [1.54, 1.807) is 47.1 Å². The molecule has 0 bridgehead atoms. The molecule has 10 nitrogen and oxygen atoms in total. The zero-order chi connectivity index (χ0) is 22.4. The number of para-hydroxylation sites is 1. The summed E-state index contributed by atoms with van der Waals surface area (Å²) in [7, 11) is 1.79. The molecule has 2 aliphatic rings. The van der Waals surface area contributed by atoms with E-state index in [1.165, 1.54) is 12.5 Å². The van der Waals surface area contributed by atoms with Gasteiger partial charge in [0.15, 0.2) is 5.76 Å². The van der Waals surface area contributed by atoms with Crippen LogP contribution in [-0.4, -0.2) is 59.1 Å². The topological polar surface area (TPSA) is 117 Å². The third-order valence-electron chi connectivity index (χ3n) is 6.01. The van der Waals surface area contributed by atoms with Crippen LogP contribution in [0, 0.1) is 0 Å². The van der Waals surface area contributed by atoms with Crippen LogP contribution in [0.15, 0.2) is 52.0 Å². The normalized spacial score (nSPS) is 19.0. The number of piperidine rings is 1. The smallest absolute Gasteiger partial charge is 0.341 e. The van der Waals surface area contributed by atoms with Crippen LogP contribution >= 0.6 is 0 Å². The number of pyridine rings is 1. The Balaban J connectivity index is 1.36. The Hall–Kier alpha value is -3.79. The number of hydrogen-bond donors (Lipinski definition) is 2. The van der Waals surface area contributed by atoms with Crippen LogP contribution in [-0.2, 0) is 0 Å². The number of aromatic nitrogens is 1. The highest BCUT2D eigenvalue weighted by Gasteiger charge is 2.35. The molecule has 2 aromatic heterocycles. The Kier molecular flexibility index (Phi) is 4.86. The molecule has 166 valence electrons. The van der Waals surface area contributed by atoms with E-state index in [-0.39, 0.29) is 23.3 Å². The first-order valence-electron chi connectivity index (χ1n) is 10.3. The summed E-state index contributed by atoms with van der Waals surface area (Å²) in [6.07, 6.45) is 3.78. The lowest BCUT2D eigenvalue weighted by atomic mass is 10.0. The van der Waals surface area contributed by atoms with Crippen molar-refractivity contribution < 1.29 is 23.8 Å². The third kappa shape index (κ3) is 3.28. The van der Waals surface area contributed by atoms with E-state index >= 15 is 0 Å². The first-order chi connectivity index (χ1) is 15.4. The molecule has 1 fully saturated rings. The summed E-state index contributed by atoms with van der Waals surface area (Å²) in [5, 5.41) is 14.6. The Bertz CT molecular complexity index is 1240. The maximum Gasteiger partial charge on any atom is 0.341 e. The summed E-state index contributed by atoms with van der Waals surface area (Å²) in [4.78, 5) is 38.6. The van der Waals surface area contributed by atoms with E-state index in [4.69, 9.17) is 9.15 Å². The van der Waals surface area contributed by atoms with Crippen LogP contribution in [0.2, 0.25) is 0 Å². The fourth-order valence-corrected chi connectivity index (χ4v) is 4.36. The molecule has 1 unspecified atom stereocenters. The van der Waals surface area contributed by atoms with Crippen molar-refractivity contribution in [2.24, 2.45) is 0 Å². The number of aromatic carboxylic acids is 1. The minimum Gasteiger partial charge on any atom is -0.477 e. The molecule has 1 atom stereocenters. The molecular weight excluding hydrogens is 416 g/mol. The number of furan rings is 1. The van der Waals surface area contributed by atoms with Gasteiger partial charge in [0.25, 0.3) is 5.91 Å². The Morgan fingerprint density at radius 2 is 1.94 bits per heavy atom. The van der Waals surface area contributed by atoms with Crippen molar-refractivity contribution in [1.82, 2.24) is 14.9 Å². The van der Waals surface area contributed by atoms with Gasteiger partial charge in [-0.3, -0.25) is 19.3 Å². The maximum absolute atomic E-state index is 12.6. The van der Waals surface area contributed by atoms with Crippen molar-refractivity contribution >= 4 is 22.8 Å². The van der Waals surface area contributed by atoms with Gasteiger partial charge in [-0.1, -0.05) is 6.07 Å². The number of ether oxygens (including phenoxy) is 1. The van der Waals surface area contributed by atoms with Gasteiger partial charge in [0.2, 0.25) is 11.8 Å². The van der Waals surface area contributed by atoms with Gasteiger partial charge >= 0.3 is 5.97 Å². The van der Waals surface area contributed by atoms with Gasteiger partial charge in [0, 0.05) is 32.4 Å². The molecule has 4 heterocycles. The molecular formula is C22H22N4O6. The van der Waals surface area contributed by atoms with E-state index < -0.39 is 17.7 Å². The van der Waals surface area contributed by atoms with Crippen LogP contribution in [0.3, 0.4) is 0 Å². The number of benzene rings is 1. The number of rotatable bonds is 4. The summed E-state index contributed by atoms with van der Waals surface area (Å²) >= 11 is 0. The average Bonchev–Trinajstić information content (AvgIpc) is 3.33. The lowest BCUT2D eigenvalue weighted by molar-refractivity contribution is -0.0109. The van der Waals surface area contributed by atoms with Crippen LogP contribution < -0.4 is 20.5 Å². The van der Waals surface area contributed by atoms with Gasteiger partial charge in [0.1, 0.15) is 16.8 Å². The fraction of sp³-hybridized carbons (Fsp3) is 0.318. The number of amides is 1. The first-order valence-corrected chi connectivity index (χ1v) is 10.3. The van der Waals surface area contributed by atoms with E-state index in [0.717, 1.165) is 12.8 Å².